The molecule has 1 N–H and O–H groups in total. The Hall–Kier alpha value is -1.89. The number of hydroxylamine groups is 1. The molecule has 104 valence electrons. The lowest BCUT2D eigenvalue weighted by atomic mass is 10.2. The van der Waals surface area contributed by atoms with Crippen molar-refractivity contribution in [2.45, 2.75) is 13.2 Å². The average molecular weight is 289 g/mol. The first kappa shape index (κ1) is 13.1. The van der Waals surface area contributed by atoms with E-state index in [1.54, 1.807) is 18.4 Å². The van der Waals surface area contributed by atoms with E-state index >= 15 is 0 Å². The van der Waals surface area contributed by atoms with Crippen molar-refractivity contribution in [3.8, 4) is 5.88 Å². The van der Waals surface area contributed by atoms with Crippen molar-refractivity contribution in [3.63, 3.8) is 0 Å². The molecule has 3 rings (SSSR count). The molecule has 0 aliphatic heterocycles. The number of ether oxygens (including phenoxy) is 1. The van der Waals surface area contributed by atoms with Crippen molar-refractivity contribution in [1.29, 1.82) is 0 Å². The van der Waals surface area contributed by atoms with Gasteiger partial charge in [0.1, 0.15) is 5.69 Å². The highest BCUT2D eigenvalue weighted by atomic mass is 32.1. The van der Waals surface area contributed by atoms with E-state index in [1.807, 2.05) is 46.3 Å². The van der Waals surface area contributed by atoms with Crippen LogP contribution < -0.4 is 10.2 Å². The summed E-state index contributed by atoms with van der Waals surface area (Å²) >= 11 is 1.58. The minimum Gasteiger partial charge on any atom is -0.480 e. The number of hydrogen-bond acceptors (Lipinski definition) is 5. The Morgan fingerprint density at radius 3 is 2.95 bits per heavy atom. The second kappa shape index (κ2) is 6.04. The second-order valence-corrected chi connectivity index (χ2v) is 5.09. The summed E-state index contributed by atoms with van der Waals surface area (Å²) in [6.07, 6.45) is 1.98. The maximum absolute atomic E-state index is 5.47. The van der Waals surface area contributed by atoms with Gasteiger partial charge in [-0.25, -0.2) is 0 Å². The molecule has 0 aliphatic carbocycles. The molecule has 0 atom stereocenters. The van der Waals surface area contributed by atoms with Crippen LogP contribution >= 0.6 is 11.3 Å². The summed E-state index contributed by atoms with van der Waals surface area (Å²) in [5.74, 6) is 0.632. The molecule has 0 saturated heterocycles. The van der Waals surface area contributed by atoms with Gasteiger partial charge in [0.05, 0.1) is 20.3 Å². The Balaban J connectivity index is 1.61. The Morgan fingerprint density at radius 1 is 1.30 bits per heavy atom. The maximum Gasteiger partial charge on any atom is 0.237 e. The highest BCUT2D eigenvalue weighted by Gasteiger charge is 2.13. The third-order valence-electron chi connectivity index (χ3n) is 2.94. The summed E-state index contributed by atoms with van der Waals surface area (Å²) in [6.45, 7) is 1.06. The van der Waals surface area contributed by atoms with Crippen LogP contribution in [0.25, 0.3) is 4.96 Å². The molecule has 2 aromatic heterocycles. The van der Waals surface area contributed by atoms with Gasteiger partial charge in [-0.15, -0.1) is 11.3 Å². The highest BCUT2D eigenvalue weighted by Crippen LogP contribution is 2.22. The normalized spacial score (nSPS) is 11.1. The molecule has 0 amide bonds. The second-order valence-electron chi connectivity index (χ2n) is 4.22. The monoisotopic (exact) mass is 289 g/mol. The molecule has 20 heavy (non-hydrogen) atoms. The largest absolute Gasteiger partial charge is 0.480 e. The molecule has 1 aromatic carbocycles. The minimum absolute atomic E-state index is 0.523. The molecule has 3 aromatic rings. The van der Waals surface area contributed by atoms with E-state index in [9.17, 15) is 0 Å². The molecular weight excluding hydrogens is 274 g/mol. The predicted molar refractivity (Wildman–Crippen MR) is 77.7 cm³/mol. The highest BCUT2D eigenvalue weighted by molar-refractivity contribution is 7.15. The zero-order chi connectivity index (χ0) is 13.8. The Kier molecular flexibility index (Phi) is 3.96. The van der Waals surface area contributed by atoms with Crippen LogP contribution in [-0.4, -0.2) is 16.5 Å². The number of nitrogens with one attached hydrogen (secondary N) is 1. The predicted octanol–water partition coefficient (Wildman–Crippen LogP) is 2.63. The van der Waals surface area contributed by atoms with Crippen molar-refractivity contribution in [2.75, 3.05) is 7.11 Å². The van der Waals surface area contributed by atoms with E-state index in [4.69, 9.17) is 9.57 Å². The van der Waals surface area contributed by atoms with Crippen molar-refractivity contribution in [3.05, 3.63) is 53.2 Å². The van der Waals surface area contributed by atoms with Crippen molar-refractivity contribution in [2.24, 2.45) is 0 Å². The molecule has 6 heteroatoms. The number of thiazole rings is 1. The van der Waals surface area contributed by atoms with Gasteiger partial charge in [-0.2, -0.15) is 10.5 Å². The first-order valence-electron chi connectivity index (χ1n) is 6.25. The van der Waals surface area contributed by atoms with E-state index in [1.165, 1.54) is 0 Å². The topological polar surface area (TPSA) is 47.8 Å². The van der Waals surface area contributed by atoms with Crippen molar-refractivity contribution in [1.82, 2.24) is 14.9 Å². The van der Waals surface area contributed by atoms with E-state index in [0.29, 0.717) is 19.0 Å². The van der Waals surface area contributed by atoms with Gasteiger partial charge in [0, 0.05) is 11.6 Å². The number of benzene rings is 1. The van der Waals surface area contributed by atoms with E-state index < -0.39 is 0 Å². The standard InChI is InChI=1S/C14H15N3O2S/c1-18-13-12(17-7-8-20-14(17)16-13)9-15-19-10-11-5-3-2-4-6-11/h2-8,15H,9-10H2,1H3. The maximum atomic E-state index is 5.47. The van der Waals surface area contributed by atoms with E-state index in [0.717, 1.165) is 16.2 Å². The Morgan fingerprint density at radius 2 is 2.15 bits per heavy atom. The Labute approximate surface area is 120 Å². The van der Waals surface area contributed by atoms with Crippen LogP contribution in [0.15, 0.2) is 41.9 Å². The van der Waals surface area contributed by atoms with Crippen LogP contribution in [0.5, 0.6) is 5.88 Å². The number of rotatable bonds is 6. The summed E-state index contributed by atoms with van der Waals surface area (Å²) in [5, 5.41) is 2.00. The van der Waals surface area contributed by atoms with Gasteiger partial charge in [0.25, 0.3) is 0 Å². The first-order valence-corrected chi connectivity index (χ1v) is 7.13. The average Bonchev–Trinajstić information content (AvgIpc) is 3.06. The van der Waals surface area contributed by atoms with Crippen LogP contribution in [0.3, 0.4) is 0 Å². The molecular formula is C14H15N3O2S. The number of imidazole rings is 1. The zero-order valence-electron chi connectivity index (χ0n) is 11.1. The number of aromatic nitrogens is 2. The first-order chi connectivity index (χ1) is 9.88. The minimum atomic E-state index is 0.523. The molecule has 0 bridgehead atoms. The molecule has 5 nitrogen and oxygen atoms in total. The molecule has 0 unspecified atom stereocenters. The van der Waals surface area contributed by atoms with Crippen LogP contribution in [0.1, 0.15) is 11.3 Å². The zero-order valence-corrected chi connectivity index (χ0v) is 11.9. The van der Waals surface area contributed by atoms with Crippen molar-refractivity contribution < 1.29 is 9.57 Å². The number of methoxy groups -OCH3 is 1. The molecule has 0 radical (unpaired) electrons. The van der Waals surface area contributed by atoms with Crippen LogP contribution in [0.2, 0.25) is 0 Å². The van der Waals surface area contributed by atoms with Gasteiger partial charge in [-0.1, -0.05) is 30.3 Å². The van der Waals surface area contributed by atoms with Gasteiger partial charge >= 0.3 is 0 Å². The summed E-state index contributed by atoms with van der Waals surface area (Å²) in [7, 11) is 1.63. The summed E-state index contributed by atoms with van der Waals surface area (Å²) in [6, 6.07) is 10.0. The molecule has 0 fully saturated rings. The lowest BCUT2D eigenvalue weighted by Crippen LogP contribution is -2.15. The van der Waals surface area contributed by atoms with E-state index in [2.05, 4.69) is 10.5 Å². The van der Waals surface area contributed by atoms with Gasteiger partial charge in [0.15, 0.2) is 4.96 Å². The van der Waals surface area contributed by atoms with Crippen molar-refractivity contribution >= 4 is 16.3 Å². The van der Waals surface area contributed by atoms with Gasteiger partial charge in [-0.3, -0.25) is 9.24 Å². The summed E-state index contributed by atoms with van der Waals surface area (Å²) < 4.78 is 7.29. The SMILES string of the molecule is COc1nc2sccn2c1CNOCc1ccccc1. The third kappa shape index (κ3) is 2.67. The fraction of sp³-hybridized carbons (Fsp3) is 0.214. The molecule has 2 heterocycles. The quantitative estimate of drug-likeness (QED) is 0.560. The van der Waals surface area contributed by atoms with Crippen LogP contribution in [-0.2, 0) is 18.0 Å². The van der Waals surface area contributed by atoms with Crippen LogP contribution in [0.4, 0.5) is 0 Å². The van der Waals surface area contributed by atoms with Gasteiger partial charge < -0.3 is 4.74 Å². The number of hydrogen-bond donors (Lipinski definition) is 1. The summed E-state index contributed by atoms with van der Waals surface area (Å²) in [5.41, 5.74) is 5.04. The lowest BCUT2D eigenvalue weighted by Gasteiger charge is -2.06. The van der Waals surface area contributed by atoms with Gasteiger partial charge in [0.2, 0.25) is 5.88 Å². The summed E-state index contributed by atoms with van der Waals surface area (Å²) in [4.78, 5) is 10.8. The fourth-order valence-electron chi connectivity index (χ4n) is 1.97. The third-order valence-corrected chi connectivity index (χ3v) is 3.70. The van der Waals surface area contributed by atoms with Gasteiger partial charge in [-0.05, 0) is 5.56 Å². The molecule has 0 spiro atoms. The Bertz CT molecular complexity index is 678. The van der Waals surface area contributed by atoms with Crippen LogP contribution in [0, 0.1) is 0 Å². The lowest BCUT2D eigenvalue weighted by molar-refractivity contribution is 0.0223. The smallest absolute Gasteiger partial charge is 0.237 e. The molecule has 0 aliphatic rings. The number of fused-ring (bicyclic) bond motifs is 1. The number of nitrogens with zero attached hydrogens (tertiary/aromatic N) is 2. The fourth-order valence-corrected chi connectivity index (χ4v) is 2.69. The van der Waals surface area contributed by atoms with E-state index in [-0.39, 0.29) is 0 Å². The molecule has 0 saturated carbocycles.